The van der Waals surface area contributed by atoms with Crippen molar-refractivity contribution >= 4 is 23.2 Å². The van der Waals surface area contributed by atoms with Crippen LogP contribution in [0.15, 0.2) is 60.9 Å². The maximum Gasteiger partial charge on any atom is 0.224 e. The van der Waals surface area contributed by atoms with Gasteiger partial charge in [-0.15, -0.1) is 0 Å². The second-order valence-electron chi connectivity index (χ2n) is 7.51. The summed E-state index contributed by atoms with van der Waals surface area (Å²) in [5.41, 5.74) is 2.62. The first kappa shape index (κ1) is 21.4. The number of rotatable bonds is 10. The molecule has 1 aromatic heterocycles. The molecular formula is C24H26N4O4. The third-order valence-corrected chi connectivity index (χ3v) is 5.06. The van der Waals surface area contributed by atoms with Crippen molar-refractivity contribution in [3.63, 3.8) is 0 Å². The minimum Gasteiger partial charge on any atom is -0.494 e. The number of nitrogens with one attached hydrogen (secondary N) is 2. The number of hydrogen-bond donors (Lipinski definition) is 2. The van der Waals surface area contributed by atoms with Crippen molar-refractivity contribution in [3.05, 3.63) is 66.5 Å². The number of carbonyl (C=O) groups is 2. The first-order valence-corrected chi connectivity index (χ1v) is 10.7. The smallest absolute Gasteiger partial charge is 0.224 e. The van der Waals surface area contributed by atoms with E-state index in [9.17, 15) is 9.59 Å². The van der Waals surface area contributed by atoms with Gasteiger partial charge in [-0.25, -0.2) is 0 Å². The number of ether oxygens (including phenoxy) is 2. The molecule has 4 rings (SSSR count). The van der Waals surface area contributed by atoms with Gasteiger partial charge in [0, 0.05) is 42.7 Å². The minimum absolute atomic E-state index is 0.0449. The molecule has 0 aliphatic carbocycles. The first-order valence-electron chi connectivity index (χ1n) is 10.7. The van der Waals surface area contributed by atoms with E-state index < -0.39 is 0 Å². The van der Waals surface area contributed by atoms with Gasteiger partial charge in [-0.2, -0.15) is 5.10 Å². The zero-order valence-electron chi connectivity index (χ0n) is 17.8. The number of benzene rings is 2. The maximum absolute atomic E-state index is 12.3. The highest BCUT2D eigenvalue weighted by atomic mass is 16.5. The van der Waals surface area contributed by atoms with Gasteiger partial charge < -0.3 is 20.1 Å². The third kappa shape index (κ3) is 6.10. The average molecular weight is 434 g/mol. The highest BCUT2D eigenvalue weighted by Gasteiger charge is 2.15. The van der Waals surface area contributed by atoms with Gasteiger partial charge in [0.2, 0.25) is 11.8 Å². The Morgan fingerprint density at radius 2 is 1.94 bits per heavy atom. The Hall–Kier alpha value is -3.81. The van der Waals surface area contributed by atoms with Crippen LogP contribution >= 0.6 is 0 Å². The summed E-state index contributed by atoms with van der Waals surface area (Å²) < 4.78 is 13.3. The number of aromatic nitrogens is 2. The van der Waals surface area contributed by atoms with Gasteiger partial charge in [-0.1, -0.05) is 6.07 Å². The van der Waals surface area contributed by atoms with Gasteiger partial charge in [-0.3, -0.25) is 14.3 Å². The third-order valence-electron chi connectivity index (χ3n) is 5.06. The summed E-state index contributed by atoms with van der Waals surface area (Å²) >= 11 is 0. The van der Waals surface area contributed by atoms with Gasteiger partial charge >= 0.3 is 0 Å². The number of aryl methyl sites for hydroxylation is 1. The van der Waals surface area contributed by atoms with Crippen LogP contribution in [0.1, 0.15) is 24.8 Å². The van der Waals surface area contributed by atoms with Crippen molar-refractivity contribution in [2.75, 3.05) is 23.8 Å². The molecule has 0 saturated heterocycles. The Morgan fingerprint density at radius 1 is 1.06 bits per heavy atom. The van der Waals surface area contributed by atoms with E-state index in [-0.39, 0.29) is 11.8 Å². The molecule has 0 radical (unpaired) electrons. The van der Waals surface area contributed by atoms with Crippen LogP contribution < -0.4 is 20.1 Å². The van der Waals surface area contributed by atoms with Crippen LogP contribution in [0.3, 0.4) is 0 Å². The molecule has 0 unspecified atom stereocenters. The minimum atomic E-state index is -0.0737. The number of carbonyl (C=O) groups excluding carboxylic acids is 2. The predicted octanol–water partition coefficient (Wildman–Crippen LogP) is 3.64. The van der Waals surface area contributed by atoms with Gasteiger partial charge in [0.1, 0.15) is 18.1 Å². The van der Waals surface area contributed by atoms with Gasteiger partial charge in [0.05, 0.1) is 13.2 Å². The van der Waals surface area contributed by atoms with E-state index in [1.54, 1.807) is 10.9 Å². The molecule has 2 heterocycles. The normalized spacial score (nSPS) is 12.6. The Morgan fingerprint density at radius 3 is 2.81 bits per heavy atom. The van der Waals surface area contributed by atoms with E-state index in [0.717, 1.165) is 17.0 Å². The fourth-order valence-corrected chi connectivity index (χ4v) is 3.45. The average Bonchev–Trinajstić information content (AvgIpc) is 3.30. The molecule has 2 aromatic carbocycles. The summed E-state index contributed by atoms with van der Waals surface area (Å²) in [6.45, 7) is 1.59. The quantitative estimate of drug-likeness (QED) is 0.475. The van der Waals surface area contributed by atoms with Crippen LogP contribution in [-0.2, 0) is 22.6 Å². The molecule has 0 bridgehead atoms. The standard InChI is InChI=1S/C24H26N4O4/c29-23(6-2-14-31-21-8-9-22-18(16-21)7-10-24(30)27-22)26-19-4-1-5-20(17-19)32-15-13-28-12-3-11-25-28/h1,3-5,8-9,11-12,16-17H,2,6-7,10,13-15H2,(H,26,29)(H,27,30). The zero-order valence-corrected chi connectivity index (χ0v) is 17.8. The summed E-state index contributed by atoms with van der Waals surface area (Å²) in [5.74, 6) is 1.42. The first-order chi connectivity index (χ1) is 15.7. The summed E-state index contributed by atoms with van der Waals surface area (Å²) in [6.07, 6.45) is 5.77. The topological polar surface area (TPSA) is 94.5 Å². The van der Waals surface area contributed by atoms with Crippen molar-refractivity contribution in [2.24, 2.45) is 0 Å². The molecule has 3 aromatic rings. The number of hydrogen-bond acceptors (Lipinski definition) is 5. The fourth-order valence-electron chi connectivity index (χ4n) is 3.45. The van der Waals surface area contributed by atoms with E-state index in [1.807, 2.05) is 54.7 Å². The Labute approximate surface area is 186 Å². The molecule has 166 valence electrons. The summed E-state index contributed by atoms with van der Waals surface area (Å²) in [5, 5.41) is 9.89. The van der Waals surface area contributed by atoms with E-state index in [2.05, 4.69) is 15.7 Å². The Kier molecular flexibility index (Phi) is 7.01. The molecule has 2 N–H and O–H groups in total. The summed E-state index contributed by atoms with van der Waals surface area (Å²) in [6, 6.07) is 14.9. The molecule has 1 aliphatic heterocycles. The SMILES string of the molecule is O=C(CCCOc1ccc2c(c1)CCC(=O)N2)Nc1cccc(OCCn2cccn2)c1. The lowest BCUT2D eigenvalue weighted by Gasteiger charge is -2.17. The highest BCUT2D eigenvalue weighted by Crippen LogP contribution is 2.27. The van der Waals surface area contributed by atoms with Crippen LogP contribution in [0.25, 0.3) is 0 Å². The van der Waals surface area contributed by atoms with Crippen LogP contribution in [0.2, 0.25) is 0 Å². The monoisotopic (exact) mass is 434 g/mol. The molecule has 0 fully saturated rings. The number of anilines is 2. The molecular weight excluding hydrogens is 408 g/mol. The zero-order chi connectivity index (χ0) is 22.2. The van der Waals surface area contributed by atoms with Gasteiger partial charge in [0.25, 0.3) is 0 Å². The van der Waals surface area contributed by atoms with E-state index in [0.29, 0.717) is 56.9 Å². The second-order valence-corrected chi connectivity index (χ2v) is 7.51. The van der Waals surface area contributed by atoms with E-state index >= 15 is 0 Å². The molecule has 0 spiro atoms. The molecule has 8 heteroatoms. The predicted molar refractivity (Wildman–Crippen MR) is 121 cm³/mol. The van der Waals surface area contributed by atoms with Gasteiger partial charge in [0.15, 0.2) is 0 Å². The Balaban J connectivity index is 1.17. The lowest BCUT2D eigenvalue weighted by atomic mass is 10.0. The Bertz CT molecular complexity index is 1070. The molecule has 32 heavy (non-hydrogen) atoms. The second kappa shape index (κ2) is 10.5. The van der Waals surface area contributed by atoms with E-state index in [4.69, 9.17) is 9.47 Å². The van der Waals surface area contributed by atoms with Crippen molar-refractivity contribution in [2.45, 2.75) is 32.2 Å². The lowest BCUT2D eigenvalue weighted by Crippen LogP contribution is -2.18. The molecule has 8 nitrogen and oxygen atoms in total. The van der Waals surface area contributed by atoms with Gasteiger partial charge in [-0.05, 0) is 54.8 Å². The van der Waals surface area contributed by atoms with Crippen molar-refractivity contribution in [3.8, 4) is 11.5 Å². The highest BCUT2D eigenvalue weighted by molar-refractivity contribution is 5.94. The fraction of sp³-hybridized carbons (Fsp3) is 0.292. The number of fused-ring (bicyclic) bond motifs is 1. The largest absolute Gasteiger partial charge is 0.494 e. The summed E-state index contributed by atoms with van der Waals surface area (Å²) in [4.78, 5) is 23.7. The van der Waals surface area contributed by atoms with Crippen molar-refractivity contribution in [1.82, 2.24) is 9.78 Å². The molecule has 2 amide bonds. The summed E-state index contributed by atoms with van der Waals surface area (Å²) in [7, 11) is 0. The van der Waals surface area contributed by atoms with Crippen molar-refractivity contribution < 1.29 is 19.1 Å². The lowest BCUT2D eigenvalue weighted by molar-refractivity contribution is -0.117. The number of nitrogens with zero attached hydrogens (tertiary/aromatic N) is 2. The maximum atomic E-state index is 12.3. The van der Waals surface area contributed by atoms with Crippen LogP contribution in [0, 0.1) is 0 Å². The van der Waals surface area contributed by atoms with Crippen LogP contribution in [0.4, 0.5) is 11.4 Å². The van der Waals surface area contributed by atoms with Crippen molar-refractivity contribution in [1.29, 1.82) is 0 Å². The molecule has 0 saturated carbocycles. The molecule has 0 atom stereocenters. The molecule has 1 aliphatic rings. The van der Waals surface area contributed by atoms with Crippen LogP contribution in [-0.4, -0.2) is 34.8 Å². The number of amides is 2. The van der Waals surface area contributed by atoms with Crippen LogP contribution in [0.5, 0.6) is 11.5 Å². The van der Waals surface area contributed by atoms with E-state index in [1.165, 1.54) is 0 Å².